The summed E-state index contributed by atoms with van der Waals surface area (Å²) in [4.78, 5) is 39.2. The summed E-state index contributed by atoms with van der Waals surface area (Å²) in [5.41, 5.74) is 8.36. The normalized spacial score (nSPS) is 15.1. The van der Waals surface area contributed by atoms with Gasteiger partial charge in [0.1, 0.15) is 6.04 Å². The fraction of sp³-hybridized carbons (Fsp3) is 0.350. The Labute approximate surface area is 178 Å². The number of likely N-dealkylation sites (N-methyl/N-ethyl adjacent to an activating group) is 1. The molecular formula is C20H23ClN4O3S. The van der Waals surface area contributed by atoms with Crippen LogP contribution in [0.25, 0.3) is 0 Å². The molecule has 1 aromatic carbocycles. The second kappa shape index (κ2) is 9.39. The summed E-state index contributed by atoms with van der Waals surface area (Å²) in [5, 5.41) is 5.36. The van der Waals surface area contributed by atoms with Crippen molar-refractivity contribution in [1.29, 1.82) is 0 Å². The average molecular weight is 435 g/mol. The molecule has 1 aliphatic rings. The lowest BCUT2D eigenvalue weighted by Gasteiger charge is -2.17. The molecule has 0 saturated heterocycles. The van der Waals surface area contributed by atoms with E-state index < -0.39 is 23.8 Å². The Balaban J connectivity index is 1.71. The van der Waals surface area contributed by atoms with Crippen LogP contribution in [0.3, 0.4) is 0 Å². The lowest BCUT2D eigenvalue weighted by molar-refractivity contribution is -0.123. The highest BCUT2D eigenvalue weighted by Crippen LogP contribution is 2.22. The van der Waals surface area contributed by atoms with Crippen LogP contribution in [0.2, 0.25) is 4.34 Å². The molecule has 154 valence electrons. The smallest absolute Gasteiger partial charge is 0.262 e. The number of anilines is 1. The van der Waals surface area contributed by atoms with Crippen molar-refractivity contribution in [1.82, 2.24) is 10.2 Å². The Bertz CT molecular complexity index is 930. The first-order chi connectivity index (χ1) is 13.8. The minimum Gasteiger partial charge on any atom is -0.370 e. The Kier molecular flexibility index (Phi) is 6.89. The lowest BCUT2D eigenvalue weighted by Crippen LogP contribution is -2.45. The van der Waals surface area contributed by atoms with E-state index in [1.54, 1.807) is 12.1 Å². The zero-order chi connectivity index (χ0) is 21.0. The first kappa shape index (κ1) is 21.3. The molecule has 0 fully saturated rings. The number of rotatable bonds is 6. The van der Waals surface area contributed by atoms with E-state index in [2.05, 4.69) is 22.6 Å². The van der Waals surface area contributed by atoms with Crippen molar-refractivity contribution in [3.05, 3.63) is 50.7 Å². The summed E-state index contributed by atoms with van der Waals surface area (Å²) in [7, 11) is 2.09. The molecule has 0 unspecified atom stereocenters. The van der Waals surface area contributed by atoms with Gasteiger partial charge in [0.2, 0.25) is 11.8 Å². The van der Waals surface area contributed by atoms with Crippen molar-refractivity contribution in [2.24, 2.45) is 5.73 Å². The minimum absolute atomic E-state index is 0.299. The van der Waals surface area contributed by atoms with E-state index in [1.807, 2.05) is 18.2 Å². The summed E-state index contributed by atoms with van der Waals surface area (Å²) >= 11 is 6.95. The first-order valence-electron chi connectivity index (χ1n) is 9.27. The van der Waals surface area contributed by atoms with Crippen molar-refractivity contribution in [3.63, 3.8) is 0 Å². The van der Waals surface area contributed by atoms with Gasteiger partial charge in [-0.05, 0) is 55.3 Å². The number of thiophene rings is 1. The summed E-state index contributed by atoms with van der Waals surface area (Å²) in [6.45, 7) is 1.95. The van der Waals surface area contributed by atoms with Crippen LogP contribution in [0.5, 0.6) is 0 Å². The van der Waals surface area contributed by atoms with Gasteiger partial charge in [-0.25, -0.2) is 0 Å². The van der Waals surface area contributed by atoms with Gasteiger partial charge in [0.25, 0.3) is 5.91 Å². The van der Waals surface area contributed by atoms with Crippen LogP contribution in [-0.2, 0) is 22.4 Å². The number of benzene rings is 1. The maximum atomic E-state index is 12.7. The predicted molar refractivity (Wildman–Crippen MR) is 114 cm³/mol. The van der Waals surface area contributed by atoms with E-state index in [9.17, 15) is 14.4 Å². The van der Waals surface area contributed by atoms with E-state index >= 15 is 0 Å². The number of fused-ring (bicyclic) bond motifs is 1. The van der Waals surface area contributed by atoms with Gasteiger partial charge in [-0.3, -0.25) is 14.4 Å². The lowest BCUT2D eigenvalue weighted by atomic mass is 10.0. The molecule has 4 N–H and O–H groups in total. The molecule has 3 amide bonds. The molecule has 0 aliphatic carbocycles. The number of carbonyl (C=O) groups is 3. The Morgan fingerprint density at radius 1 is 1.17 bits per heavy atom. The van der Waals surface area contributed by atoms with E-state index in [0.29, 0.717) is 14.9 Å². The summed E-state index contributed by atoms with van der Waals surface area (Å²) in [6.07, 6.45) is 1.56. The fourth-order valence-corrected chi connectivity index (χ4v) is 4.17. The third-order valence-electron chi connectivity index (χ3n) is 4.82. The predicted octanol–water partition coefficient (Wildman–Crippen LogP) is 2.04. The summed E-state index contributed by atoms with van der Waals surface area (Å²) in [5.74, 6) is -1.65. The standard InChI is InChI=1S/C20H23ClN4O3S/c1-25-8-6-12-2-3-14(10-13(12)7-9-25)23-19(27)15(11-18(22)26)24-20(28)16-4-5-17(21)29-16/h2-5,10,15H,6-9,11H2,1H3,(H2,22,26)(H,23,27)(H,24,28)/t15-/m1/s1. The van der Waals surface area contributed by atoms with Crippen molar-refractivity contribution in [2.45, 2.75) is 25.3 Å². The maximum Gasteiger partial charge on any atom is 0.262 e. The molecule has 1 aromatic heterocycles. The average Bonchev–Trinajstić information content (AvgIpc) is 3.02. The van der Waals surface area contributed by atoms with Gasteiger partial charge in [0.15, 0.2) is 0 Å². The molecule has 1 atom stereocenters. The quantitative estimate of drug-likeness (QED) is 0.647. The van der Waals surface area contributed by atoms with E-state index in [0.717, 1.165) is 37.3 Å². The molecule has 29 heavy (non-hydrogen) atoms. The third kappa shape index (κ3) is 5.79. The number of nitrogens with one attached hydrogen (secondary N) is 2. The number of carbonyl (C=O) groups excluding carboxylic acids is 3. The number of halogens is 1. The Morgan fingerprint density at radius 3 is 2.55 bits per heavy atom. The number of nitrogens with two attached hydrogens (primary N) is 1. The largest absolute Gasteiger partial charge is 0.370 e. The van der Waals surface area contributed by atoms with Crippen molar-refractivity contribution in [2.75, 3.05) is 25.5 Å². The molecule has 0 saturated carbocycles. The molecule has 1 aliphatic heterocycles. The molecule has 9 heteroatoms. The van der Waals surface area contributed by atoms with Gasteiger partial charge in [-0.2, -0.15) is 0 Å². The molecule has 0 radical (unpaired) electrons. The zero-order valence-corrected chi connectivity index (χ0v) is 17.6. The van der Waals surface area contributed by atoms with Gasteiger partial charge in [-0.1, -0.05) is 17.7 Å². The molecule has 0 spiro atoms. The van der Waals surface area contributed by atoms with Crippen LogP contribution in [-0.4, -0.2) is 48.8 Å². The molecule has 7 nitrogen and oxygen atoms in total. The van der Waals surface area contributed by atoms with Crippen LogP contribution in [0, 0.1) is 0 Å². The van der Waals surface area contributed by atoms with Gasteiger partial charge in [0, 0.05) is 18.8 Å². The van der Waals surface area contributed by atoms with Gasteiger partial charge in [-0.15, -0.1) is 11.3 Å². The van der Waals surface area contributed by atoms with E-state index in [4.69, 9.17) is 17.3 Å². The first-order valence-corrected chi connectivity index (χ1v) is 10.5. The highest BCUT2D eigenvalue weighted by Gasteiger charge is 2.24. The molecule has 0 bridgehead atoms. The summed E-state index contributed by atoms with van der Waals surface area (Å²) < 4.78 is 0.460. The van der Waals surface area contributed by atoms with Crippen LogP contribution >= 0.6 is 22.9 Å². The van der Waals surface area contributed by atoms with Crippen LogP contribution < -0.4 is 16.4 Å². The number of nitrogens with zero attached hydrogens (tertiary/aromatic N) is 1. The zero-order valence-electron chi connectivity index (χ0n) is 16.0. The number of amides is 3. The third-order valence-corrected chi connectivity index (χ3v) is 6.05. The topological polar surface area (TPSA) is 105 Å². The number of hydrogen-bond donors (Lipinski definition) is 3. The SMILES string of the molecule is CN1CCc2ccc(NC(=O)[C@@H](CC(N)=O)NC(=O)c3ccc(Cl)s3)cc2CC1. The molecule has 2 aromatic rings. The van der Waals surface area contributed by atoms with Crippen molar-refractivity contribution < 1.29 is 14.4 Å². The van der Waals surface area contributed by atoms with E-state index in [-0.39, 0.29) is 6.42 Å². The van der Waals surface area contributed by atoms with Crippen LogP contribution in [0.1, 0.15) is 27.2 Å². The minimum atomic E-state index is -1.08. The van der Waals surface area contributed by atoms with Gasteiger partial charge in [0.05, 0.1) is 15.6 Å². The second-order valence-electron chi connectivity index (χ2n) is 7.08. The van der Waals surface area contributed by atoms with Crippen LogP contribution in [0.4, 0.5) is 5.69 Å². The molecular weight excluding hydrogens is 412 g/mol. The summed E-state index contributed by atoms with van der Waals surface area (Å²) in [6, 6.07) is 7.88. The van der Waals surface area contributed by atoms with Gasteiger partial charge < -0.3 is 21.3 Å². The molecule has 2 heterocycles. The monoisotopic (exact) mass is 434 g/mol. The second-order valence-corrected chi connectivity index (χ2v) is 8.79. The fourth-order valence-electron chi connectivity index (χ4n) is 3.22. The maximum absolute atomic E-state index is 12.7. The van der Waals surface area contributed by atoms with Crippen LogP contribution in [0.15, 0.2) is 30.3 Å². The Morgan fingerprint density at radius 2 is 1.90 bits per heavy atom. The number of primary amides is 1. The number of hydrogen-bond acceptors (Lipinski definition) is 5. The Hall–Kier alpha value is -2.42. The van der Waals surface area contributed by atoms with Crippen molar-refractivity contribution >= 4 is 46.3 Å². The molecule has 3 rings (SSSR count). The van der Waals surface area contributed by atoms with Gasteiger partial charge >= 0.3 is 0 Å². The van der Waals surface area contributed by atoms with E-state index in [1.165, 1.54) is 11.1 Å². The highest BCUT2D eigenvalue weighted by molar-refractivity contribution is 7.18. The van der Waals surface area contributed by atoms with Crippen molar-refractivity contribution in [3.8, 4) is 0 Å². The highest BCUT2D eigenvalue weighted by atomic mass is 35.5.